The Balaban J connectivity index is 1.97. The molecule has 110 valence electrons. The van der Waals surface area contributed by atoms with Crippen LogP contribution in [0, 0.1) is 0 Å². The molecule has 0 unspecified atom stereocenters. The highest BCUT2D eigenvalue weighted by molar-refractivity contribution is 7.91. The molecule has 1 amide bonds. The van der Waals surface area contributed by atoms with Gasteiger partial charge >= 0.3 is 0 Å². The first kappa shape index (κ1) is 14.8. The summed E-state index contributed by atoms with van der Waals surface area (Å²) in [5.74, 6) is 0.00698. The van der Waals surface area contributed by atoms with Crippen LogP contribution in [0.1, 0.15) is 25.3 Å². The van der Waals surface area contributed by atoms with Gasteiger partial charge in [-0.05, 0) is 30.5 Å². The van der Waals surface area contributed by atoms with Crippen molar-refractivity contribution in [1.29, 1.82) is 0 Å². The van der Waals surface area contributed by atoms with Gasteiger partial charge in [-0.2, -0.15) is 0 Å². The quantitative estimate of drug-likeness (QED) is 0.762. The highest BCUT2D eigenvalue weighted by Gasteiger charge is 2.50. The van der Waals surface area contributed by atoms with Crippen molar-refractivity contribution >= 4 is 21.4 Å². The molecule has 6 heteroatoms. The van der Waals surface area contributed by atoms with E-state index in [1.54, 1.807) is 19.1 Å². The van der Waals surface area contributed by atoms with Gasteiger partial charge in [-0.3, -0.25) is 4.79 Å². The maximum Gasteiger partial charge on any atom is 0.230 e. The van der Waals surface area contributed by atoms with Crippen LogP contribution >= 0.6 is 0 Å². The number of nitrogens with two attached hydrogens (primary N) is 1. The van der Waals surface area contributed by atoms with Crippen LogP contribution in [0.2, 0.25) is 0 Å². The fourth-order valence-electron chi connectivity index (χ4n) is 2.21. The zero-order valence-electron chi connectivity index (χ0n) is 11.6. The number of sulfone groups is 1. The first-order valence-electron chi connectivity index (χ1n) is 6.74. The third kappa shape index (κ3) is 3.12. The maximum atomic E-state index is 12.2. The highest BCUT2D eigenvalue weighted by atomic mass is 32.2. The minimum absolute atomic E-state index is 0.00689. The average molecular weight is 296 g/mol. The summed E-state index contributed by atoms with van der Waals surface area (Å²) in [6, 6.07) is 7.30. The maximum absolute atomic E-state index is 12.2. The van der Waals surface area contributed by atoms with Gasteiger partial charge < -0.3 is 11.1 Å². The van der Waals surface area contributed by atoms with Gasteiger partial charge in [-0.15, -0.1) is 0 Å². The first-order chi connectivity index (χ1) is 9.39. The Hall–Kier alpha value is -1.56. The molecule has 0 aromatic heterocycles. The molecule has 1 fully saturated rings. The van der Waals surface area contributed by atoms with E-state index in [-0.39, 0.29) is 24.0 Å². The lowest BCUT2D eigenvalue weighted by Crippen LogP contribution is -2.37. The molecule has 0 aliphatic heterocycles. The molecular weight excluding hydrogens is 276 g/mol. The standard InChI is InChI=1S/C14H20N2O3S/c1-2-20(18,19)10-9-16-13(17)14(7-8-14)11-3-5-12(15)6-4-11/h3-6H,2,7-10,15H2,1H3,(H,16,17). The van der Waals surface area contributed by atoms with Crippen molar-refractivity contribution in [3.05, 3.63) is 29.8 Å². The van der Waals surface area contributed by atoms with Crippen LogP contribution in [0.15, 0.2) is 24.3 Å². The fourth-order valence-corrected chi connectivity index (χ4v) is 2.91. The second-order valence-electron chi connectivity index (χ2n) is 5.20. The molecule has 0 bridgehead atoms. The van der Waals surface area contributed by atoms with Crippen LogP contribution in [0.4, 0.5) is 5.69 Å². The van der Waals surface area contributed by atoms with Gasteiger partial charge in [0.25, 0.3) is 0 Å². The predicted molar refractivity (Wildman–Crippen MR) is 79.1 cm³/mol. The topological polar surface area (TPSA) is 89.3 Å². The second-order valence-corrected chi connectivity index (χ2v) is 7.67. The summed E-state index contributed by atoms with van der Waals surface area (Å²) in [6.07, 6.45) is 1.59. The third-order valence-electron chi connectivity index (χ3n) is 3.79. The largest absolute Gasteiger partial charge is 0.399 e. The van der Waals surface area contributed by atoms with Gasteiger partial charge in [-0.1, -0.05) is 19.1 Å². The van der Waals surface area contributed by atoms with Crippen molar-refractivity contribution in [3.63, 3.8) is 0 Å². The number of amides is 1. The lowest BCUT2D eigenvalue weighted by Gasteiger charge is -2.16. The van der Waals surface area contributed by atoms with Crippen molar-refractivity contribution < 1.29 is 13.2 Å². The van der Waals surface area contributed by atoms with E-state index in [4.69, 9.17) is 5.73 Å². The minimum atomic E-state index is -3.04. The molecule has 3 N–H and O–H groups in total. The molecule has 0 spiro atoms. The number of rotatable bonds is 6. The Morgan fingerprint density at radius 1 is 1.30 bits per heavy atom. The zero-order valence-corrected chi connectivity index (χ0v) is 12.4. The minimum Gasteiger partial charge on any atom is -0.399 e. The van der Waals surface area contributed by atoms with E-state index in [1.165, 1.54) is 0 Å². The number of hydrogen-bond acceptors (Lipinski definition) is 4. The molecule has 2 rings (SSSR count). The van der Waals surface area contributed by atoms with Crippen molar-refractivity contribution in [2.45, 2.75) is 25.2 Å². The number of carbonyl (C=O) groups excluding carboxylic acids is 1. The van der Waals surface area contributed by atoms with E-state index in [0.717, 1.165) is 18.4 Å². The Morgan fingerprint density at radius 3 is 2.40 bits per heavy atom. The summed E-state index contributed by atoms with van der Waals surface area (Å²) in [5, 5.41) is 2.74. The summed E-state index contributed by atoms with van der Waals surface area (Å²) >= 11 is 0. The summed E-state index contributed by atoms with van der Waals surface area (Å²) < 4.78 is 22.8. The zero-order chi connectivity index (χ0) is 14.8. The predicted octanol–water partition coefficient (Wildman–Crippen LogP) is 0.851. The number of nitrogens with one attached hydrogen (secondary N) is 1. The Kier molecular flexibility index (Phi) is 4.04. The summed E-state index contributed by atoms with van der Waals surface area (Å²) in [7, 11) is -3.04. The second kappa shape index (κ2) is 5.44. The molecule has 0 heterocycles. The molecule has 1 aromatic rings. The average Bonchev–Trinajstić information content (AvgIpc) is 3.21. The molecular formula is C14H20N2O3S. The number of hydrogen-bond donors (Lipinski definition) is 2. The molecule has 0 radical (unpaired) electrons. The van der Waals surface area contributed by atoms with Gasteiger partial charge in [-0.25, -0.2) is 8.42 Å². The van der Waals surface area contributed by atoms with Gasteiger partial charge in [0.2, 0.25) is 5.91 Å². The highest BCUT2D eigenvalue weighted by Crippen LogP contribution is 2.48. The van der Waals surface area contributed by atoms with E-state index in [1.807, 2.05) is 12.1 Å². The number of nitrogen functional groups attached to an aromatic ring is 1. The number of benzene rings is 1. The van der Waals surface area contributed by atoms with Crippen molar-refractivity contribution in [1.82, 2.24) is 5.32 Å². The van der Waals surface area contributed by atoms with Gasteiger partial charge in [0.1, 0.15) is 0 Å². The first-order valence-corrected chi connectivity index (χ1v) is 8.56. The summed E-state index contributed by atoms with van der Waals surface area (Å²) in [5.41, 5.74) is 6.77. The molecule has 20 heavy (non-hydrogen) atoms. The van der Waals surface area contributed by atoms with E-state index >= 15 is 0 Å². The van der Waals surface area contributed by atoms with Crippen LogP contribution in [-0.4, -0.2) is 32.4 Å². The van der Waals surface area contributed by atoms with E-state index < -0.39 is 15.3 Å². The van der Waals surface area contributed by atoms with Crippen LogP contribution in [0.25, 0.3) is 0 Å². The van der Waals surface area contributed by atoms with Crippen molar-refractivity contribution in [3.8, 4) is 0 Å². The molecule has 1 aromatic carbocycles. The van der Waals surface area contributed by atoms with Crippen molar-refractivity contribution in [2.75, 3.05) is 23.8 Å². The Morgan fingerprint density at radius 2 is 1.90 bits per heavy atom. The third-order valence-corrected chi connectivity index (χ3v) is 5.49. The molecule has 5 nitrogen and oxygen atoms in total. The number of anilines is 1. The molecule has 1 aliphatic rings. The lowest BCUT2D eigenvalue weighted by atomic mass is 9.95. The summed E-state index contributed by atoms with van der Waals surface area (Å²) in [4.78, 5) is 12.2. The lowest BCUT2D eigenvalue weighted by molar-refractivity contribution is -0.123. The van der Waals surface area contributed by atoms with E-state index in [0.29, 0.717) is 5.69 Å². The SMILES string of the molecule is CCS(=O)(=O)CCNC(=O)C1(c2ccc(N)cc2)CC1. The van der Waals surface area contributed by atoms with E-state index in [2.05, 4.69) is 5.32 Å². The van der Waals surface area contributed by atoms with Crippen LogP contribution < -0.4 is 11.1 Å². The van der Waals surface area contributed by atoms with Gasteiger partial charge in [0.05, 0.1) is 11.2 Å². The van der Waals surface area contributed by atoms with Crippen LogP contribution in [-0.2, 0) is 20.0 Å². The van der Waals surface area contributed by atoms with Crippen molar-refractivity contribution in [2.24, 2.45) is 0 Å². The molecule has 1 aliphatic carbocycles. The van der Waals surface area contributed by atoms with Gasteiger partial charge in [0, 0.05) is 18.0 Å². The smallest absolute Gasteiger partial charge is 0.230 e. The number of carbonyl (C=O) groups is 1. The molecule has 0 atom stereocenters. The molecule has 1 saturated carbocycles. The summed E-state index contributed by atoms with van der Waals surface area (Å²) in [6.45, 7) is 1.78. The monoisotopic (exact) mass is 296 g/mol. The Labute approximate surface area is 119 Å². The van der Waals surface area contributed by atoms with Crippen LogP contribution in [0.5, 0.6) is 0 Å². The fraction of sp³-hybridized carbons (Fsp3) is 0.500. The molecule has 0 saturated heterocycles. The van der Waals surface area contributed by atoms with Crippen LogP contribution in [0.3, 0.4) is 0 Å². The van der Waals surface area contributed by atoms with Gasteiger partial charge in [0.15, 0.2) is 9.84 Å². The van der Waals surface area contributed by atoms with E-state index in [9.17, 15) is 13.2 Å². The normalized spacial score (nSPS) is 16.6. The Bertz CT molecular complexity index is 589.